The van der Waals surface area contributed by atoms with Gasteiger partial charge in [0.2, 0.25) is 0 Å². The first-order valence-electron chi connectivity index (χ1n) is 7.66. The molecule has 1 fully saturated rings. The van der Waals surface area contributed by atoms with Crippen molar-refractivity contribution in [2.75, 3.05) is 0 Å². The number of imidazole rings is 1. The third-order valence-corrected chi connectivity index (χ3v) is 5.03. The van der Waals surface area contributed by atoms with Gasteiger partial charge in [0.15, 0.2) is 0 Å². The summed E-state index contributed by atoms with van der Waals surface area (Å²) < 4.78 is 2.19. The average Bonchev–Trinajstić information content (AvgIpc) is 3.02. The molecular formula is C17H22N4. The molecule has 110 valence electrons. The van der Waals surface area contributed by atoms with Crippen molar-refractivity contribution in [3.8, 4) is 6.07 Å². The molecule has 1 aromatic heterocycles. The second-order valence-corrected chi connectivity index (χ2v) is 6.39. The van der Waals surface area contributed by atoms with E-state index in [0.717, 1.165) is 37.7 Å². The van der Waals surface area contributed by atoms with E-state index in [0.29, 0.717) is 5.92 Å². The molecule has 0 amide bonds. The Labute approximate surface area is 125 Å². The van der Waals surface area contributed by atoms with Gasteiger partial charge in [0.1, 0.15) is 5.54 Å². The van der Waals surface area contributed by atoms with E-state index >= 15 is 0 Å². The van der Waals surface area contributed by atoms with Gasteiger partial charge in [-0.2, -0.15) is 5.26 Å². The summed E-state index contributed by atoms with van der Waals surface area (Å²) in [6.07, 6.45) is 5.81. The number of rotatable bonds is 3. The van der Waals surface area contributed by atoms with E-state index in [-0.39, 0.29) is 0 Å². The minimum Gasteiger partial charge on any atom is -0.331 e. The Kier molecular flexibility index (Phi) is 3.46. The van der Waals surface area contributed by atoms with Gasteiger partial charge in [0.05, 0.1) is 23.4 Å². The van der Waals surface area contributed by atoms with E-state index in [2.05, 4.69) is 41.6 Å². The van der Waals surface area contributed by atoms with E-state index in [1.54, 1.807) is 0 Å². The highest BCUT2D eigenvalue weighted by atomic mass is 15.0. The van der Waals surface area contributed by atoms with E-state index in [4.69, 9.17) is 5.73 Å². The Bertz CT molecular complexity index is 709. The SMILES string of the molecule is Cc1cc2ncn(CCC3CCCC3(N)C#N)c2cc1C. The second-order valence-electron chi connectivity index (χ2n) is 6.39. The van der Waals surface area contributed by atoms with Crippen LogP contribution >= 0.6 is 0 Å². The highest BCUT2D eigenvalue weighted by Crippen LogP contribution is 2.36. The molecule has 2 unspecified atom stereocenters. The number of aryl methyl sites for hydroxylation is 3. The molecule has 0 aliphatic heterocycles. The molecule has 2 atom stereocenters. The van der Waals surface area contributed by atoms with Crippen LogP contribution in [0.15, 0.2) is 18.5 Å². The van der Waals surface area contributed by atoms with E-state index < -0.39 is 5.54 Å². The molecule has 1 saturated carbocycles. The van der Waals surface area contributed by atoms with Gasteiger partial charge in [-0.25, -0.2) is 4.98 Å². The van der Waals surface area contributed by atoms with Crippen molar-refractivity contribution in [2.24, 2.45) is 11.7 Å². The molecule has 1 aliphatic rings. The van der Waals surface area contributed by atoms with Crippen LogP contribution in [0, 0.1) is 31.1 Å². The molecule has 0 saturated heterocycles. The largest absolute Gasteiger partial charge is 0.331 e. The van der Waals surface area contributed by atoms with Crippen molar-refractivity contribution in [3.63, 3.8) is 0 Å². The quantitative estimate of drug-likeness (QED) is 0.940. The van der Waals surface area contributed by atoms with Crippen LogP contribution < -0.4 is 5.73 Å². The Morgan fingerprint density at radius 2 is 2.19 bits per heavy atom. The van der Waals surface area contributed by atoms with Crippen LogP contribution in [0.1, 0.15) is 36.8 Å². The third-order valence-electron chi connectivity index (χ3n) is 5.03. The molecule has 3 rings (SSSR count). The smallest absolute Gasteiger partial charge is 0.107 e. The predicted octanol–water partition coefficient (Wildman–Crippen LogP) is 3.06. The maximum absolute atomic E-state index is 9.30. The number of nitrogens with zero attached hydrogens (tertiary/aromatic N) is 3. The number of nitriles is 1. The fraction of sp³-hybridized carbons (Fsp3) is 0.529. The first-order chi connectivity index (χ1) is 10.0. The van der Waals surface area contributed by atoms with Crippen molar-refractivity contribution in [1.82, 2.24) is 9.55 Å². The molecule has 0 radical (unpaired) electrons. The van der Waals surface area contributed by atoms with Crippen LogP contribution in [0.3, 0.4) is 0 Å². The Morgan fingerprint density at radius 3 is 2.95 bits per heavy atom. The number of aromatic nitrogens is 2. The number of fused-ring (bicyclic) bond motifs is 1. The van der Waals surface area contributed by atoms with Gasteiger partial charge < -0.3 is 10.3 Å². The molecule has 0 bridgehead atoms. The van der Waals surface area contributed by atoms with Crippen molar-refractivity contribution < 1.29 is 0 Å². The van der Waals surface area contributed by atoms with Crippen LogP contribution in [-0.2, 0) is 6.54 Å². The van der Waals surface area contributed by atoms with Crippen LogP contribution in [0.25, 0.3) is 11.0 Å². The van der Waals surface area contributed by atoms with Gasteiger partial charge >= 0.3 is 0 Å². The van der Waals surface area contributed by atoms with Gasteiger partial charge in [-0.05, 0) is 62.3 Å². The number of benzene rings is 1. The fourth-order valence-electron chi connectivity index (χ4n) is 3.44. The summed E-state index contributed by atoms with van der Waals surface area (Å²) in [4.78, 5) is 4.49. The predicted molar refractivity (Wildman–Crippen MR) is 83.7 cm³/mol. The summed E-state index contributed by atoms with van der Waals surface area (Å²) in [5.74, 6) is 0.298. The van der Waals surface area contributed by atoms with Crippen molar-refractivity contribution in [3.05, 3.63) is 29.6 Å². The maximum Gasteiger partial charge on any atom is 0.107 e. The number of nitrogens with two attached hydrogens (primary N) is 1. The fourth-order valence-corrected chi connectivity index (χ4v) is 3.44. The van der Waals surface area contributed by atoms with Crippen LogP contribution in [0.5, 0.6) is 0 Å². The lowest BCUT2D eigenvalue weighted by Crippen LogP contribution is -2.42. The van der Waals surface area contributed by atoms with Gasteiger partial charge in [0.25, 0.3) is 0 Å². The monoisotopic (exact) mass is 282 g/mol. The first kappa shape index (κ1) is 14.1. The molecule has 1 heterocycles. The summed E-state index contributed by atoms with van der Waals surface area (Å²) in [6.45, 7) is 5.12. The zero-order valence-corrected chi connectivity index (χ0v) is 12.8. The maximum atomic E-state index is 9.30. The Morgan fingerprint density at radius 1 is 1.43 bits per heavy atom. The Balaban J connectivity index is 1.80. The zero-order chi connectivity index (χ0) is 15.0. The minimum absolute atomic E-state index is 0.298. The number of hydrogen-bond donors (Lipinski definition) is 1. The summed E-state index contributed by atoms with van der Waals surface area (Å²) >= 11 is 0. The van der Waals surface area contributed by atoms with Crippen LogP contribution in [-0.4, -0.2) is 15.1 Å². The van der Waals surface area contributed by atoms with Crippen LogP contribution in [0.2, 0.25) is 0 Å². The summed E-state index contributed by atoms with van der Waals surface area (Å²) in [5.41, 5.74) is 10.4. The molecule has 4 nitrogen and oxygen atoms in total. The summed E-state index contributed by atoms with van der Waals surface area (Å²) in [6, 6.07) is 6.67. The molecule has 1 aromatic carbocycles. The van der Waals surface area contributed by atoms with E-state index in [9.17, 15) is 5.26 Å². The zero-order valence-electron chi connectivity index (χ0n) is 12.8. The van der Waals surface area contributed by atoms with Crippen molar-refractivity contribution in [1.29, 1.82) is 5.26 Å². The molecule has 2 aromatic rings. The highest BCUT2D eigenvalue weighted by Gasteiger charge is 2.39. The topological polar surface area (TPSA) is 67.6 Å². The molecular weight excluding hydrogens is 260 g/mol. The minimum atomic E-state index is -0.622. The molecule has 4 heteroatoms. The van der Waals surface area contributed by atoms with Crippen molar-refractivity contribution in [2.45, 2.75) is 51.6 Å². The molecule has 0 spiro atoms. The van der Waals surface area contributed by atoms with Gasteiger partial charge in [-0.1, -0.05) is 6.42 Å². The molecule has 1 aliphatic carbocycles. The lowest BCUT2D eigenvalue weighted by atomic mass is 9.87. The normalized spacial score (nSPS) is 25.3. The molecule has 2 N–H and O–H groups in total. The van der Waals surface area contributed by atoms with Crippen LogP contribution in [0.4, 0.5) is 0 Å². The second kappa shape index (κ2) is 5.16. The average molecular weight is 282 g/mol. The number of hydrogen-bond acceptors (Lipinski definition) is 3. The summed E-state index contributed by atoms with van der Waals surface area (Å²) in [5, 5.41) is 9.30. The molecule has 21 heavy (non-hydrogen) atoms. The lowest BCUT2D eigenvalue weighted by Gasteiger charge is -2.23. The van der Waals surface area contributed by atoms with E-state index in [1.807, 2.05) is 6.33 Å². The Hall–Kier alpha value is -1.86. The van der Waals surface area contributed by atoms with Crippen molar-refractivity contribution >= 4 is 11.0 Å². The highest BCUT2D eigenvalue weighted by molar-refractivity contribution is 5.77. The first-order valence-corrected chi connectivity index (χ1v) is 7.66. The standard InChI is InChI=1S/C17H22N4/c1-12-8-15-16(9-13(12)2)21(11-20-15)7-5-14-4-3-6-17(14,19)10-18/h8-9,11,14H,3-7,19H2,1-2H3. The lowest BCUT2D eigenvalue weighted by molar-refractivity contribution is 0.355. The van der Waals surface area contributed by atoms with Gasteiger partial charge in [-0.15, -0.1) is 0 Å². The van der Waals surface area contributed by atoms with Gasteiger partial charge in [0, 0.05) is 6.54 Å². The summed E-state index contributed by atoms with van der Waals surface area (Å²) in [7, 11) is 0. The van der Waals surface area contributed by atoms with E-state index in [1.165, 1.54) is 16.6 Å². The van der Waals surface area contributed by atoms with Gasteiger partial charge in [-0.3, -0.25) is 0 Å². The third kappa shape index (κ3) is 2.43.